The van der Waals surface area contributed by atoms with Gasteiger partial charge in [0.05, 0.1) is 12.2 Å². The second-order valence-corrected chi connectivity index (χ2v) is 28.0. The Morgan fingerprint density at radius 2 is 1.07 bits per heavy atom. The molecule has 0 aromatic heterocycles. The minimum atomic E-state index is -1.66. The number of rotatable bonds is 19. The van der Waals surface area contributed by atoms with Gasteiger partial charge in [-0.3, -0.25) is 19.4 Å². The molecule has 2 heterocycles. The number of hydrogen-bond acceptors (Lipinski definition) is 10. The van der Waals surface area contributed by atoms with E-state index in [-0.39, 0.29) is 46.7 Å². The third-order valence-electron chi connectivity index (χ3n) is 18.1. The van der Waals surface area contributed by atoms with Gasteiger partial charge in [0.25, 0.3) is 0 Å². The molecule has 0 bridgehead atoms. The predicted octanol–water partition coefficient (Wildman–Crippen LogP) is 15.2. The Bertz CT molecular complexity index is 2300. The van der Waals surface area contributed by atoms with E-state index in [4.69, 9.17) is 18.9 Å². The molecule has 422 valence electrons. The number of unbranched alkanes of at least 4 members (excludes halogenated alkanes) is 3. The summed E-state index contributed by atoms with van der Waals surface area (Å²) in [6, 6.07) is 19.1. The van der Waals surface area contributed by atoms with Gasteiger partial charge in [-0.1, -0.05) is 105 Å². The normalized spacial score (nSPS) is 21.4. The highest BCUT2D eigenvalue weighted by Crippen LogP contribution is 2.46. The van der Waals surface area contributed by atoms with E-state index in [0.717, 1.165) is 41.9 Å². The second-order valence-electron chi connectivity index (χ2n) is 28.0. The third-order valence-corrected chi connectivity index (χ3v) is 18.1. The molecule has 3 aromatic rings. The number of benzene rings is 3. The highest BCUT2D eigenvalue weighted by atomic mass is 16.6. The lowest BCUT2D eigenvalue weighted by Gasteiger charge is -2.53. The van der Waals surface area contributed by atoms with Gasteiger partial charge in [0.15, 0.2) is 5.41 Å². The molecule has 10 heteroatoms. The summed E-state index contributed by atoms with van der Waals surface area (Å²) in [4.78, 5) is 49.0. The fourth-order valence-electron chi connectivity index (χ4n) is 13.0. The summed E-state index contributed by atoms with van der Waals surface area (Å²) < 4.78 is 25.4. The van der Waals surface area contributed by atoms with Crippen molar-refractivity contribution in [1.29, 1.82) is 0 Å². The van der Waals surface area contributed by atoms with E-state index >= 15 is 9.59 Å². The third kappa shape index (κ3) is 14.8. The number of phenolic OH excluding ortho intramolecular Hbond substituents is 1. The summed E-state index contributed by atoms with van der Waals surface area (Å²) in [6.45, 7) is 32.7. The van der Waals surface area contributed by atoms with Crippen LogP contribution < -0.4 is 9.47 Å². The van der Waals surface area contributed by atoms with E-state index in [2.05, 4.69) is 140 Å². The molecule has 3 aliphatic rings. The average molecular weight is 1050 g/mol. The maximum absolute atomic E-state index is 15.6. The monoisotopic (exact) mass is 1050 g/mol. The summed E-state index contributed by atoms with van der Waals surface area (Å²) in [6.07, 6.45) is 12.5. The number of phenols is 1. The van der Waals surface area contributed by atoms with Crippen molar-refractivity contribution in [2.24, 2.45) is 11.3 Å². The van der Waals surface area contributed by atoms with E-state index in [1.54, 1.807) is 12.1 Å². The molecular formula is C66H100N2O8. The van der Waals surface area contributed by atoms with Gasteiger partial charge >= 0.3 is 17.9 Å². The number of piperidine rings is 2. The lowest BCUT2D eigenvalue weighted by atomic mass is 9.73. The molecule has 3 aromatic carbocycles. The topological polar surface area (TPSA) is 115 Å². The van der Waals surface area contributed by atoms with Gasteiger partial charge < -0.3 is 24.1 Å². The zero-order chi connectivity index (χ0) is 56.2. The highest BCUT2D eigenvalue weighted by molar-refractivity contribution is 6.00. The summed E-state index contributed by atoms with van der Waals surface area (Å²) >= 11 is 0. The summed E-state index contributed by atoms with van der Waals surface area (Å²) in [5.41, 5.74) is 0.685. The van der Waals surface area contributed by atoms with Crippen molar-refractivity contribution in [2.75, 3.05) is 20.7 Å². The molecule has 6 rings (SSSR count). The molecule has 0 amide bonds. The van der Waals surface area contributed by atoms with Gasteiger partial charge in [0.1, 0.15) is 29.5 Å². The van der Waals surface area contributed by atoms with Gasteiger partial charge in [-0.2, -0.15) is 0 Å². The van der Waals surface area contributed by atoms with Crippen molar-refractivity contribution in [3.63, 3.8) is 0 Å². The van der Waals surface area contributed by atoms with Gasteiger partial charge in [-0.15, -0.1) is 0 Å². The lowest BCUT2D eigenvalue weighted by molar-refractivity contribution is -0.188. The molecule has 3 fully saturated rings. The van der Waals surface area contributed by atoms with E-state index < -0.39 is 40.4 Å². The van der Waals surface area contributed by atoms with Crippen LogP contribution in [0.1, 0.15) is 239 Å². The van der Waals surface area contributed by atoms with E-state index in [1.807, 2.05) is 36.4 Å². The number of nitrogens with zero attached hydrogens (tertiary/aromatic N) is 2. The molecule has 1 saturated carbocycles. The second kappa shape index (κ2) is 23.9. The highest BCUT2D eigenvalue weighted by Gasteiger charge is 2.54. The lowest BCUT2D eigenvalue weighted by Crippen LogP contribution is -2.61. The number of likely N-dealkylation sites (tertiary alicyclic amines) is 2. The van der Waals surface area contributed by atoms with Crippen molar-refractivity contribution in [1.82, 2.24) is 9.80 Å². The van der Waals surface area contributed by atoms with Crippen LogP contribution in [0.3, 0.4) is 0 Å². The predicted molar refractivity (Wildman–Crippen MR) is 308 cm³/mol. The maximum atomic E-state index is 15.6. The van der Waals surface area contributed by atoms with Crippen LogP contribution >= 0.6 is 0 Å². The zero-order valence-corrected chi connectivity index (χ0v) is 50.3. The van der Waals surface area contributed by atoms with Gasteiger partial charge in [-0.25, -0.2) is 4.79 Å². The minimum Gasteiger partial charge on any atom is -0.507 e. The van der Waals surface area contributed by atoms with E-state index in [1.165, 1.54) is 44.1 Å². The smallest absolute Gasteiger partial charge is 0.343 e. The van der Waals surface area contributed by atoms with Crippen LogP contribution in [0.2, 0.25) is 0 Å². The number of esters is 3. The first kappa shape index (κ1) is 60.8. The van der Waals surface area contributed by atoms with Crippen LogP contribution in [-0.4, -0.2) is 87.9 Å². The van der Waals surface area contributed by atoms with Gasteiger partial charge in [0, 0.05) is 47.8 Å². The summed E-state index contributed by atoms with van der Waals surface area (Å²) in [7, 11) is 4.27. The number of hydrogen-bond donors (Lipinski definition) is 1. The number of aromatic hydroxyl groups is 1. The van der Waals surface area contributed by atoms with Crippen molar-refractivity contribution in [3.8, 4) is 17.2 Å². The van der Waals surface area contributed by atoms with Crippen LogP contribution in [-0.2, 0) is 36.3 Å². The molecule has 10 nitrogen and oxygen atoms in total. The van der Waals surface area contributed by atoms with E-state index in [0.29, 0.717) is 61.7 Å². The van der Waals surface area contributed by atoms with Crippen molar-refractivity contribution in [2.45, 2.75) is 258 Å². The Balaban J connectivity index is 1.17. The number of carbonyl (C=O) groups excluding carboxylic acids is 3. The van der Waals surface area contributed by atoms with Crippen molar-refractivity contribution in [3.05, 3.63) is 88.5 Å². The molecule has 2 saturated heterocycles. The van der Waals surface area contributed by atoms with Crippen LogP contribution in [0.4, 0.5) is 0 Å². The SMILES string of the molecule is CCC[C@H]1CC[C@H](c2ccc(C(=O)Oc3ccc(OCCCCCCC(Cc4cc(C(C)(C)C)c(O)c(C(C)(C)C)c4)(C(=O)OC4CC(C)(C)N(C)C(C)(C)C4)C(=O)OC4CC(C)(C)N(C)C(C)(C)C4)cc3)cc2)CC1. The molecule has 1 aliphatic carbocycles. The molecule has 0 unspecified atom stereocenters. The first-order valence-electron chi connectivity index (χ1n) is 29.1. The molecule has 2 aliphatic heterocycles. The number of ether oxygens (including phenoxy) is 4. The molecular weight excluding hydrogens is 949 g/mol. The standard InChI is InChI=1S/C66H100N2O8/c1-18-23-45-24-26-47(27-25-45)48-28-30-49(31-29-48)57(70)74-51-34-32-50(33-35-51)73-37-22-20-19-21-36-66(58(71)75-52-41-62(8,9)67(16)63(10,11)42-52,59(72)76-53-43-64(12,13)68(17)65(14,15)44-53)40-46-38-54(60(2,3)4)56(69)55(39-46)61(5,6)7/h28-35,38-39,45,47,52-53,69H,18-27,36-37,40-44H2,1-17H3/t45-,47-. The van der Waals surface area contributed by atoms with E-state index in [9.17, 15) is 9.90 Å². The van der Waals surface area contributed by atoms with Crippen LogP contribution in [0.25, 0.3) is 0 Å². The number of carbonyl (C=O) groups is 3. The molecule has 0 atom stereocenters. The zero-order valence-electron chi connectivity index (χ0n) is 50.3. The Morgan fingerprint density at radius 1 is 0.618 bits per heavy atom. The summed E-state index contributed by atoms with van der Waals surface area (Å²) in [5.74, 6) is 1.37. The Labute approximate surface area is 459 Å². The van der Waals surface area contributed by atoms with Crippen LogP contribution in [0.5, 0.6) is 17.2 Å². The van der Waals surface area contributed by atoms with Crippen LogP contribution in [0.15, 0.2) is 60.7 Å². The Hall–Kier alpha value is -4.41. The average Bonchev–Trinajstić information content (AvgIpc) is 3.32. The Morgan fingerprint density at radius 3 is 1.51 bits per heavy atom. The Kier molecular flexibility index (Phi) is 19.1. The largest absolute Gasteiger partial charge is 0.507 e. The first-order valence-corrected chi connectivity index (χ1v) is 29.1. The van der Waals surface area contributed by atoms with Crippen molar-refractivity contribution < 1.29 is 38.4 Å². The fourth-order valence-corrected chi connectivity index (χ4v) is 13.0. The van der Waals surface area contributed by atoms with Crippen molar-refractivity contribution >= 4 is 17.9 Å². The van der Waals surface area contributed by atoms with Gasteiger partial charge in [0.2, 0.25) is 0 Å². The van der Waals surface area contributed by atoms with Gasteiger partial charge in [-0.05, 0) is 196 Å². The first-order chi connectivity index (χ1) is 35.3. The quantitative estimate of drug-likeness (QED) is 0.0539. The molecule has 1 N–H and O–H groups in total. The minimum absolute atomic E-state index is 0.0800. The molecule has 0 spiro atoms. The van der Waals surface area contributed by atoms with Crippen LogP contribution in [0, 0.1) is 11.3 Å². The maximum Gasteiger partial charge on any atom is 0.343 e. The molecule has 0 radical (unpaired) electrons. The fraction of sp³-hybridized carbons (Fsp3) is 0.682. The molecule has 76 heavy (non-hydrogen) atoms. The summed E-state index contributed by atoms with van der Waals surface area (Å²) in [5, 5.41) is 11.8.